The van der Waals surface area contributed by atoms with Gasteiger partial charge >= 0.3 is 0 Å². The van der Waals surface area contributed by atoms with E-state index in [2.05, 4.69) is 0 Å². The van der Waals surface area contributed by atoms with Gasteiger partial charge in [-0.2, -0.15) is 4.31 Å². The maximum atomic E-state index is 12.4. The first-order chi connectivity index (χ1) is 9.56. The highest BCUT2D eigenvalue weighted by molar-refractivity contribution is 7.89. The Labute approximate surface area is 121 Å². The van der Waals surface area contributed by atoms with E-state index in [9.17, 15) is 8.42 Å². The third-order valence-corrected chi connectivity index (χ3v) is 4.99. The minimum atomic E-state index is -3.47. The van der Waals surface area contributed by atoms with Crippen LogP contribution in [0.5, 0.6) is 0 Å². The lowest BCUT2D eigenvalue weighted by molar-refractivity contribution is 0.135. The van der Waals surface area contributed by atoms with E-state index >= 15 is 0 Å². The Balaban J connectivity index is 2.84. The van der Waals surface area contributed by atoms with Crippen molar-refractivity contribution in [2.75, 3.05) is 32.9 Å². The zero-order valence-electron chi connectivity index (χ0n) is 12.1. The maximum absolute atomic E-state index is 12.4. The predicted molar refractivity (Wildman–Crippen MR) is 78.2 cm³/mol. The van der Waals surface area contributed by atoms with Gasteiger partial charge in [-0.25, -0.2) is 8.42 Å². The summed E-state index contributed by atoms with van der Waals surface area (Å²) in [7, 11) is -3.47. The lowest BCUT2D eigenvalue weighted by Crippen LogP contribution is -2.33. The summed E-state index contributed by atoms with van der Waals surface area (Å²) in [5.41, 5.74) is 0.920. The molecule has 0 spiro atoms. The van der Waals surface area contributed by atoms with Crippen LogP contribution in [0.2, 0.25) is 0 Å². The Kier molecular flexibility index (Phi) is 7.15. The molecule has 0 saturated heterocycles. The van der Waals surface area contributed by atoms with Gasteiger partial charge in [-0.05, 0) is 31.0 Å². The topological polar surface area (TPSA) is 66.8 Å². The molecule has 20 heavy (non-hydrogen) atoms. The standard InChI is InChI=1S/C14H23NO4S/c1-3-15(10-12-19-4-2)20(17,18)14-7-5-13(6-8-14)9-11-16/h5-8,16H,3-4,9-12H2,1-2H3. The second-order valence-electron chi connectivity index (χ2n) is 4.31. The largest absolute Gasteiger partial charge is 0.396 e. The monoisotopic (exact) mass is 301 g/mol. The van der Waals surface area contributed by atoms with Crippen molar-refractivity contribution < 1.29 is 18.3 Å². The molecule has 1 aromatic rings. The van der Waals surface area contributed by atoms with Gasteiger partial charge in [0, 0.05) is 26.3 Å². The van der Waals surface area contributed by atoms with Crippen molar-refractivity contribution in [2.24, 2.45) is 0 Å². The number of nitrogens with zero attached hydrogens (tertiary/aromatic N) is 1. The minimum Gasteiger partial charge on any atom is -0.396 e. The fourth-order valence-corrected chi connectivity index (χ4v) is 3.30. The molecule has 1 N–H and O–H groups in total. The molecule has 0 aliphatic carbocycles. The zero-order valence-corrected chi connectivity index (χ0v) is 12.9. The number of likely N-dealkylation sites (N-methyl/N-ethyl adjacent to an activating group) is 1. The second kappa shape index (κ2) is 8.36. The van der Waals surface area contributed by atoms with E-state index in [0.29, 0.717) is 32.7 Å². The molecule has 6 heteroatoms. The molecular weight excluding hydrogens is 278 g/mol. The molecule has 114 valence electrons. The van der Waals surface area contributed by atoms with Crippen LogP contribution in [-0.4, -0.2) is 50.7 Å². The van der Waals surface area contributed by atoms with Crippen LogP contribution in [0.1, 0.15) is 19.4 Å². The first-order valence-corrected chi connectivity index (χ1v) is 8.28. The first kappa shape index (κ1) is 17.1. The third-order valence-electron chi connectivity index (χ3n) is 3.00. The van der Waals surface area contributed by atoms with Gasteiger partial charge in [0.25, 0.3) is 0 Å². The second-order valence-corrected chi connectivity index (χ2v) is 6.25. The zero-order chi connectivity index (χ0) is 15.0. The summed E-state index contributed by atoms with van der Waals surface area (Å²) in [6.07, 6.45) is 0.530. The van der Waals surface area contributed by atoms with Crippen molar-refractivity contribution in [3.05, 3.63) is 29.8 Å². The van der Waals surface area contributed by atoms with Crippen LogP contribution in [0.15, 0.2) is 29.2 Å². The molecule has 0 bridgehead atoms. The summed E-state index contributed by atoms with van der Waals surface area (Å²) in [5, 5.41) is 8.86. The molecule has 1 aromatic carbocycles. The van der Waals surface area contributed by atoms with E-state index < -0.39 is 10.0 Å². The number of hydrogen-bond acceptors (Lipinski definition) is 4. The minimum absolute atomic E-state index is 0.0571. The number of sulfonamides is 1. The number of ether oxygens (including phenoxy) is 1. The fraction of sp³-hybridized carbons (Fsp3) is 0.571. The van der Waals surface area contributed by atoms with Crippen LogP contribution < -0.4 is 0 Å². The molecule has 0 aliphatic heterocycles. The van der Waals surface area contributed by atoms with Crippen LogP contribution in [0, 0.1) is 0 Å². The van der Waals surface area contributed by atoms with E-state index in [1.807, 2.05) is 13.8 Å². The molecule has 1 rings (SSSR count). The number of rotatable bonds is 9. The van der Waals surface area contributed by atoms with Crippen molar-refractivity contribution >= 4 is 10.0 Å². The molecule has 0 saturated carbocycles. The van der Waals surface area contributed by atoms with Crippen LogP contribution in [0.4, 0.5) is 0 Å². The van der Waals surface area contributed by atoms with Crippen molar-refractivity contribution in [1.82, 2.24) is 4.31 Å². The van der Waals surface area contributed by atoms with Gasteiger partial charge in [0.2, 0.25) is 10.0 Å². The Morgan fingerprint density at radius 2 is 1.85 bits per heavy atom. The van der Waals surface area contributed by atoms with Crippen molar-refractivity contribution in [1.29, 1.82) is 0 Å². The lowest BCUT2D eigenvalue weighted by atomic mass is 10.2. The number of aliphatic hydroxyl groups is 1. The van der Waals surface area contributed by atoms with E-state index in [0.717, 1.165) is 5.56 Å². The Morgan fingerprint density at radius 3 is 2.35 bits per heavy atom. The molecule has 0 amide bonds. The molecule has 0 heterocycles. The third kappa shape index (κ3) is 4.56. The van der Waals surface area contributed by atoms with E-state index in [1.165, 1.54) is 4.31 Å². The van der Waals surface area contributed by atoms with Crippen LogP contribution in [0.3, 0.4) is 0 Å². The smallest absolute Gasteiger partial charge is 0.243 e. The molecule has 0 aliphatic rings. The predicted octanol–water partition coefficient (Wildman–Crippen LogP) is 1.27. The van der Waals surface area contributed by atoms with Crippen LogP contribution in [0.25, 0.3) is 0 Å². The highest BCUT2D eigenvalue weighted by atomic mass is 32.2. The summed E-state index contributed by atoms with van der Waals surface area (Å²) in [6, 6.07) is 6.65. The molecule has 5 nitrogen and oxygen atoms in total. The van der Waals surface area contributed by atoms with E-state index in [1.54, 1.807) is 24.3 Å². The molecule has 0 atom stereocenters. The number of aliphatic hydroxyl groups excluding tert-OH is 1. The average molecular weight is 301 g/mol. The number of hydrogen-bond donors (Lipinski definition) is 1. The normalized spacial score (nSPS) is 12.0. The van der Waals surface area contributed by atoms with E-state index in [4.69, 9.17) is 9.84 Å². The SMILES string of the molecule is CCOCCN(CC)S(=O)(=O)c1ccc(CCO)cc1. The van der Waals surface area contributed by atoms with Crippen molar-refractivity contribution in [2.45, 2.75) is 25.2 Å². The first-order valence-electron chi connectivity index (χ1n) is 6.84. The van der Waals surface area contributed by atoms with Gasteiger partial charge < -0.3 is 9.84 Å². The summed E-state index contributed by atoms with van der Waals surface area (Å²) in [4.78, 5) is 0.275. The van der Waals surface area contributed by atoms with Crippen molar-refractivity contribution in [3.63, 3.8) is 0 Å². The summed E-state index contributed by atoms with van der Waals surface area (Å²) in [6.45, 7) is 5.48. The molecule has 0 fully saturated rings. The quantitative estimate of drug-likeness (QED) is 0.698. The van der Waals surface area contributed by atoms with Gasteiger partial charge in [-0.3, -0.25) is 0 Å². The summed E-state index contributed by atoms with van der Waals surface area (Å²) < 4.78 is 31.5. The van der Waals surface area contributed by atoms with Crippen LogP contribution in [-0.2, 0) is 21.2 Å². The Morgan fingerprint density at radius 1 is 1.20 bits per heavy atom. The highest BCUT2D eigenvalue weighted by Crippen LogP contribution is 2.16. The average Bonchev–Trinajstić information content (AvgIpc) is 2.44. The van der Waals surface area contributed by atoms with Gasteiger partial charge in [0.1, 0.15) is 0 Å². The highest BCUT2D eigenvalue weighted by Gasteiger charge is 2.22. The van der Waals surface area contributed by atoms with Gasteiger partial charge in [0.15, 0.2) is 0 Å². The Bertz CT molecular complexity index is 484. The molecule has 0 radical (unpaired) electrons. The van der Waals surface area contributed by atoms with Gasteiger partial charge in [-0.15, -0.1) is 0 Å². The molecular formula is C14H23NO4S. The lowest BCUT2D eigenvalue weighted by Gasteiger charge is -2.20. The Hall–Kier alpha value is -0.950. The maximum Gasteiger partial charge on any atom is 0.243 e. The fourth-order valence-electron chi connectivity index (χ4n) is 1.87. The van der Waals surface area contributed by atoms with Gasteiger partial charge in [-0.1, -0.05) is 19.1 Å². The summed E-state index contributed by atoms with van der Waals surface area (Å²) >= 11 is 0. The molecule has 0 aromatic heterocycles. The summed E-state index contributed by atoms with van der Waals surface area (Å²) in [5.74, 6) is 0. The van der Waals surface area contributed by atoms with Gasteiger partial charge in [0.05, 0.1) is 11.5 Å². The van der Waals surface area contributed by atoms with Crippen LogP contribution >= 0.6 is 0 Å². The van der Waals surface area contributed by atoms with Crippen molar-refractivity contribution in [3.8, 4) is 0 Å². The number of benzene rings is 1. The molecule has 0 unspecified atom stereocenters. The van der Waals surface area contributed by atoms with E-state index in [-0.39, 0.29) is 11.5 Å².